The van der Waals surface area contributed by atoms with Crippen molar-refractivity contribution in [3.05, 3.63) is 69.7 Å². The number of hydrogen-bond donors (Lipinski definition) is 0. The van der Waals surface area contributed by atoms with E-state index in [0.717, 1.165) is 34.7 Å². The first-order chi connectivity index (χ1) is 15.2. The van der Waals surface area contributed by atoms with Crippen LogP contribution in [0.1, 0.15) is 49.1 Å². The van der Waals surface area contributed by atoms with E-state index < -0.39 is 5.60 Å². The van der Waals surface area contributed by atoms with E-state index in [4.69, 9.17) is 21.4 Å². The minimum Gasteiger partial charge on any atom is -0.444 e. The predicted octanol–water partition coefficient (Wildman–Crippen LogP) is 4.91. The van der Waals surface area contributed by atoms with Gasteiger partial charge in [-0.25, -0.2) is 9.91 Å². The summed E-state index contributed by atoms with van der Waals surface area (Å²) in [5.41, 5.74) is 5.04. The number of halogens is 1. The number of fused-ring (bicyclic) bond motifs is 1. The van der Waals surface area contributed by atoms with Gasteiger partial charge >= 0.3 is 6.09 Å². The van der Waals surface area contributed by atoms with Crippen molar-refractivity contribution in [2.75, 3.05) is 27.2 Å². The number of carbonyl (C=O) groups is 1. The fourth-order valence-electron chi connectivity index (χ4n) is 4.40. The highest BCUT2D eigenvalue weighted by Crippen LogP contribution is 2.39. The van der Waals surface area contributed by atoms with Crippen LogP contribution in [0, 0.1) is 0 Å². The normalized spacial score (nSPS) is 19.4. The molecule has 7 heteroatoms. The zero-order chi connectivity index (χ0) is 23.0. The van der Waals surface area contributed by atoms with Crippen LogP contribution in [0.15, 0.2) is 47.6 Å². The van der Waals surface area contributed by atoms with E-state index in [2.05, 4.69) is 23.2 Å². The molecule has 0 aliphatic carbocycles. The number of amides is 1. The molecule has 4 rings (SSSR count). The molecule has 2 aliphatic rings. The van der Waals surface area contributed by atoms with Crippen LogP contribution in [0.5, 0.6) is 0 Å². The maximum absolute atomic E-state index is 12.7. The van der Waals surface area contributed by atoms with Crippen molar-refractivity contribution < 1.29 is 9.53 Å². The molecule has 2 aliphatic heterocycles. The molecule has 0 saturated carbocycles. The van der Waals surface area contributed by atoms with Crippen LogP contribution in [-0.4, -0.2) is 59.6 Å². The van der Waals surface area contributed by atoms with Crippen LogP contribution in [0.25, 0.3) is 0 Å². The van der Waals surface area contributed by atoms with Crippen LogP contribution < -0.4 is 0 Å². The van der Waals surface area contributed by atoms with Crippen molar-refractivity contribution >= 4 is 23.4 Å². The van der Waals surface area contributed by atoms with Crippen molar-refractivity contribution in [3.8, 4) is 0 Å². The van der Waals surface area contributed by atoms with Crippen LogP contribution in [0.3, 0.4) is 0 Å². The molecular formula is C25H31ClN4O2. The Balaban J connectivity index is 1.69. The average molecular weight is 455 g/mol. The maximum atomic E-state index is 12.7. The Bertz CT molecular complexity index is 1030. The molecule has 32 heavy (non-hydrogen) atoms. The number of likely N-dealkylation sites (N-methyl/N-ethyl adjacent to an activating group) is 1. The third-order valence-electron chi connectivity index (χ3n) is 6.02. The molecule has 2 aromatic rings. The van der Waals surface area contributed by atoms with Gasteiger partial charge in [0.2, 0.25) is 0 Å². The molecule has 0 fully saturated rings. The summed E-state index contributed by atoms with van der Waals surface area (Å²) in [6.07, 6.45) is 1.23. The lowest BCUT2D eigenvalue weighted by atomic mass is 9.88. The Labute approximate surface area is 195 Å². The van der Waals surface area contributed by atoms with E-state index in [-0.39, 0.29) is 12.1 Å². The molecule has 2 aromatic carbocycles. The van der Waals surface area contributed by atoms with Gasteiger partial charge in [0.1, 0.15) is 11.6 Å². The summed E-state index contributed by atoms with van der Waals surface area (Å²) in [6.45, 7) is 6.91. The zero-order valence-corrected chi connectivity index (χ0v) is 20.2. The van der Waals surface area contributed by atoms with Crippen molar-refractivity contribution in [1.29, 1.82) is 0 Å². The Kier molecular flexibility index (Phi) is 6.19. The third kappa shape index (κ3) is 4.48. The van der Waals surface area contributed by atoms with Gasteiger partial charge in [0.15, 0.2) is 0 Å². The molecule has 2 heterocycles. The standard InChI is InChI=1S/C25H31ClN4O2/c1-25(2,3)32-24(31)30-15-13-17-11-12-20(26)21(19(17)14-16-30)23-22(27-29(5)28(23)4)18-9-7-6-8-10-18/h6-12,23H,13-16H2,1-5H3. The van der Waals surface area contributed by atoms with Crippen molar-refractivity contribution in [1.82, 2.24) is 15.0 Å². The molecule has 0 N–H and O–H groups in total. The number of hydrazone groups is 1. The van der Waals surface area contributed by atoms with Crippen molar-refractivity contribution in [3.63, 3.8) is 0 Å². The lowest BCUT2D eigenvalue weighted by Gasteiger charge is -2.29. The lowest BCUT2D eigenvalue weighted by Crippen LogP contribution is -2.38. The quantitative estimate of drug-likeness (QED) is 0.646. The highest BCUT2D eigenvalue weighted by atomic mass is 35.5. The molecule has 6 nitrogen and oxygen atoms in total. The molecule has 0 bridgehead atoms. The second kappa shape index (κ2) is 8.75. The highest BCUT2D eigenvalue weighted by Gasteiger charge is 2.37. The number of nitrogens with zero attached hydrogens (tertiary/aromatic N) is 4. The smallest absolute Gasteiger partial charge is 0.410 e. The maximum Gasteiger partial charge on any atom is 0.410 e. The molecule has 1 unspecified atom stereocenters. The molecule has 0 spiro atoms. The summed E-state index contributed by atoms with van der Waals surface area (Å²) in [4.78, 5) is 14.5. The zero-order valence-electron chi connectivity index (χ0n) is 19.4. The van der Waals surface area contributed by atoms with Crippen LogP contribution in [-0.2, 0) is 17.6 Å². The third-order valence-corrected chi connectivity index (χ3v) is 6.35. The van der Waals surface area contributed by atoms with E-state index >= 15 is 0 Å². The minimum atomic E-state index is -0.511. The molecule has 170 valence electrons. The van der Waals surface area contributed by atoms with Gasteiger partial charge in [-0.15, -0.1) is 0 Å². The van der Waals surface area contributed by atoms with Crippen LogP contribution >= 0.6 is 11.6 Å². The van der Waals surface area contributed by atoms with E-state index in [1.807, 2.05) is 64.2 Å². The summed E-state index contributed by atoms with van der Waals surface area (Å²) in [5, 5.41) is 9.53. The van der Waals surface area contributed by atoms with Crippen LogP contribution in [0.4, 0.5) is 4.79 Å². The summed E-state index contributed by atoms with van der Waals surface area (Å²) in [5.74, 6) is 0. The molecular weight excluding hydrogens is 424 g/mol. The Morgan fingerprint density at radius 1 is 1.06 bits per heavy atom. The van der Waals surface area contributed by atoms with Gasteiger partial charge in [0.05, 0.1) is 5.71 Å². The molecule has 0 saturated heterocycles. The molecule has 1 amide bonds. The van der Waals surface area contributed by atoms with Gasteiger partial charge in [-0.3, -0.25) is 0 Å². The number of ether oxygens (including phenoxy) is 1. The summed E-state index contributed by atoms with van der Waals surface area (Å²) >= 11 is 6.84. The number of rotatable bonds is 2. The summed E-state index contributed by atoms with van der Waals surface area (Å²) in [7, 11) is 3.98. The lowest BCUT2D eigenvalue weighted by molar-refractivity contribution is 0.0258. The topological polar surface area (TPSA) is 48.4 Å². The largest absolute Gasteiger partial charge is 0.444 e. The summed E-state index contributed by atoms with van der Waals surface area (Å²) in [6, 6.07) is 14.2. The predicted molar refractivity (Wildman–Crippen MR) is 128 cm³/mol. The van der Waals surface area contributed by atoms with E-state index in [9.17, 15) is 4.79 Å². The SMILES string of the molecule is CN1N=C(c2ccccc2)C(c2c(Cl)ccc3c2CCN(C(=O)OC(C)(C)C)CC3)N1C. The van der Waals surface area contributed by atoms with E-state index in [0.29, 0.717) is 13.1 Å². The minimum absolute atomic E-state index is 0.0991. The number of carbonyl (C=O) groups excluding carboxylic acids is 1. The Morgan fingerprint density at radius 2 is 1.75 bits per heavy atom. The molecule has 1 atom stereocenters. The monoisotopic (exact) mass is 454 g/mol. The van der Waals surface area contributed by atoms with Crippen molar-refractivity contribution in [2.45, 2.75) is 45.3 Å². The number of hydrogen-bond acceptors (Lipinski definition) is 5. The highest BCUT2D eigenvalue weighted by molar-refractivity contribution is 6.32. The number of benzene rings is 2. The Morgan fingerprint density at radius 3 is 2.44 bits per heavy atom. The Hall–Kier alpha value is -2.57. The second-order valence-corrected chi connectivity index (χ2v) is 9.79. The number of hydrazine groups is 1. The van der Waals surface area contributed by atoms with E-state index in [1.54, 1.807) is 4.90 Å². The first-order valence-corrected chi connectivity index (χ1v) is 11.4. The van der Waals surface area contributed by atoms with Gasteiger partial charge in [-0.2, -0.15) is 10.1 Å². The van der Waals surface area contributed by atoms with Gasteiger partial charge < -0.3 is 9.64 Å². The van der Waals surface area contributed by atoms with Gasteiger partial charge in [0, 0.05) is 32.2 Å². The molecule has 0 radical (unpaired) electrons. The fraction of sp³-hybridized carbons (Fsp3) is 0.440. The van der Waals surface area contributed by atoms with Gasteiger partial charge in [0.25, 0.3) is 0 Å². The summed E-state index contributed by atoms with van der Waals surface area (Å²) < 4.78 is 5.62. The first-order valence-electron chi connectivity index (χ1n) is 11.0. The first kappa shape index (κ1) is 22.6. The van der Waals surface area contributed by atoms with Gasteiger partial charge in [-0.05, 0) is 61.9 Å². The van der Waals surface area contributed by atoms with Crippen LogP contribution in [0.2, 0.25) is 5.02 Å². The molecule has 0 aromatic heterocycles. The van der Waals surface area contributed by atoms with E-state index in [1.165, 1.54) is 11.1 Å². The van der Waals surface area contributed by atoms with Crippen molar-refractivity contribution in [2.24, 2.45) is 5.10 Å². The average Bonchev–Trinajstić information content (AvgIpc) is 2.90. The van der Waals surface area contributed by atoms with Gasteiger partial charge in [-0.1, -0.05) is 48.0 Å². The fourth-order valence-corrected chi connectivity index (χ4v) is 4.68. The second-order valence-electron chi connectivity index (χ2n) is 9.38.